The fourth-order valence-corrected chi connectivity index (χ4v) is 5.10. The monoisotopic (exact) mass is 427 g/mol. The van der Waals surface area contributed by atoms with Gasteiger partial charge in [0.25, 0.3) is 15.9 Å². The van der Waals surface area contributed by atoms with Gasteiger partial charge in [0.1, 0.15) is 6.54 Å². The summed E-state index contributed by atoms with van der Waals surface area (Å²) in [6.07, 6.45) is 7.53. The SMILES string of the molecule is Cc1ccccc1N(CC(=O)NN=C1CCCCCCC1)S(=O)(=O)c1ccccc1. The first-order valence-corrected chi connectivity index (χ1v) is 11.9. The van der Waals surface area contributed by atoms with Crippen molar-refractivity contribution < 1.29 is 13.2 Å². The lowest BCUT2D eigenvalue weighted by Crippen LogP contribution is -2.40. The number of para-hydroxylation sites is 1. The summed E-state index contributed by atoms with van der Waals surface area (Å²) < 4.78 is 27.8. The first-order chi connectivity index (χ1) is 14.5. The zero-order valence-corrected chi connectivity index (χ0v) is 18.2. The fourth-order valence-electron chi connectivity index (χ4n) is 3.60. The van der Waals surface area contributed by atoms with Gasteiger partial charge in [-0.15, -0.1) is 0 Å². The number of nitrogens with one attached hydrogen (secondary N) is 1. The molecule has 1 N–H and O–H groups in total. The van der Waals surface area contributed by atoms with Crippen molar-refractivity contribution in [2.75, 3.05) is 10.8 Å². The van der Waals surface area contributed by atoms with E-state index in [0.717, 1.165) is 41.3 Å². The maximum atomic E-state index is 13.3. The molecule has 160 valence electrons. The third kappa shape index (κ3) is 5.69. The summed E-state index contributed by atoms with van der Waals surface area (Å²) in [6.45, 7) is 1.49. The highest BCUT2D eigenvalue weighted by Crippen LogP contribution is 2.26. The van der Waals surface area contributed by atoms with Crippen molar-refractivity contribution in [1.82, 2.24) is 5.43 Å². The molecule has 2 aromatic rings. The van der Waals surface area contributed by atoms with E-state index in [4.69, 9.17) is 0 Å². The van der Waals surface area contributed by atoms with E-state index in [1.54, 1.807) is 30.3 Å². The zero-order chi connectivity index (χ0) is 21.4. The molecule has 0 aliphatic heterocycles. The van der Waals surface area contributed by atoms with Gasteiger partial charge in [-0.3, -0.25) is 9.10 Å². The lowest BCUT2D eigenvalue weighted by Gasteiger charge is -2.25. The first-order valence-electron chi connectivity index (χ1n) is 10.5. The van der Waals surface area contributed by atoms with Gasteiger partial charge in [0.2, 0.25) is 0 Å². The van der Waals surface area contributed by atoms with Crippen LogP contribution in [0.3, 0.4) is 0 Å². The fraction of sp³-hybridized carbons (Fsp3) is 0.391. The predicted molar refractivity (Wildman–Crippen MR) is 120 cm³/mol. The number of carbonyl (C=O) groups excluding carboxylic acids is 1. The summed E-state index contributed by atoms with van der Waals surface area (Å²) in [5.74, 6) is -0.452. The van der Waals surface area contributed by atoms with Crippen molar-refractivity contribution in [1.29, 1.82) is 0 Å². The van der Waals surface area contributed by atoms with E-state index in [9.17, 15) is 13.2 Å². The number of carbonyl (C=O) groups is 1. The molecule has 1 saturated carbocycles. The Labute approximate surface area is 179 Å². The molecule has 0 heterocycles. The van der Waals surface area contributed by atoms with Crippen molar-refractivity contribution in [3.8, 4) is 0 Å². The molecular formula is C23H29N3O3S. The Morgan fingerprint density at radius 3 is 2.20 bits per heavy atom. The van der Waals surface area contributed by atoms with Crippen LogP contribution in [0.1, 0.15) is 50.5 Å². The Balaban J connectivity index is 1.82. The van der Waals surface area contributed by atoms with Crippen molar-refractivity contribution in [2.24, 2.45) is 5.10 Å². The summed E-state index contributed by atoms with van der Waals surface area (Å²) in [6, 6.07) is 15.3. The van der Waals surface area contributed by atoms with Crippen LogP contribution in [-0.4, -0.2) is 26.6 Å². The Kier molecular flexibility index (Phi) is 7.63. The van der Waals surface area contributed by atoms with E-state index in [0.29, 0.717) is 5.69 Å². The van der Waals surface area contributed by atoms with Crippen molar-refractivity contribution in [3.63, 3.8) is 0 Å². The first kappa shape index (κ1) is 22.0. The molecule has 0 radical (unpaired) electrons. The third-order valence-corrected chi connectivity index (χ3v) is 7.05. The molecule has 6 nitrogen and oxygen atoms in total. The Bertz CT molecular complexity index is 978. The molecular weight excluding hydrogens is 398 g/mol. The summed E-state index contributed by atoms with van der Waals surface area (Å²) in [5.41, 5.74) is 4.83. The maximum Gasteiger partial charge on any atom is 0.264 e. The van der Waals surface area contributed by atoms with Crippen LogP contribution in [-0.2, 0) is 14.8 Å². The highest BCUT2D eigenvalue weighted by molar-refractivity contribution is 7.92. The molecule has 0 spiro atoms. The maximum absolute atomic E-state index is 13.3. The molecule has 0 aromatic heterocycles. The van der Waals surface area contributed by atoms with Crippen LogP contribution in [0.25, 0.3) is 0 Å². The molecule has 2 aromatic carbocycles. The molecule has 0 saturated heterocycles. The van der Waals surface area contributed by atoms with Gasteiger partial charge >= 0.3 is 0 Å². The number of rotatable bonds is 6. The normalized spacial score (nSPS) is 15.0. The highest BCUT2D eigenvalue weighted by atomic mass is 32.2. The average Bonchev–Trinajstić information content (AvgIpc) is 2.72. The number of sulfonamides is 1. The largest absolute Gasteiger partial charge is 0.271 e. The minimum atomic E-state index is -3.90. The molecule has 0 bridgehead atoms. The van der Waals surface area contributed by atoms with Gasteiger partial charge in [-0.05, 0) is 56.4 Å². The van der Waals surface area contributed by atoms with Gasteiger partial charge in [0, 0.05) is 5.71 Å². The minimum Gasteiger partial charge on any atom is -0.271 e. The lowest BCUT2D eigenvalue weighted by molar-refractivity contribution is -0.119. The van der Waals surface area contributed by atoms with Gasteiger partial charge < -0.3 is 0 Å². The average molecular weight is 428 g/mol. The van der Waals surface area contributed by atoms with Crippen LogP contribution in [0.2, 0.25) is 0 Å². The van der Waals surface area contributed by atoms with Gasteiger partial charge in [0.05, 0.1) is 10.6 Å². The highest BCUT2D eigenvalue weighted by Gasteiger charge is 2.28. The number of benzene rings is 2. The summed E-state index contributed by atoms with van der Waals surface area (Å²) in [7, 11) is -3.90. The zero-order valence-electron chi connectivity index (χ0n) is 17.4. The van der Waals surface area contributed by atoms with Crippen LogP contribution >= 0.6 is 0 Å². The van der Waals surface area contributed by atoms with E-state index in [-0.39, 0.29) is 11.4 Å². The molecule has 0 unspecified atom stereocenters. The number of amides is 1. The second kappa shape index (κ2) is 10.4. The van der Waals surface area contributed by atoms with Crippen LogP contribution < -0.4 is 9.73 Å². The summed E-state index contributed by atoms with van der Waals surface area (Å²) in [4.78, 5) is 12.8. The predicted octanol–water partition coefficient (Wildman–Crippen LogP) is 4.41. The lowest BCUT2D eigenvalue weighted by atomic mass is 9.99. The van der Waals surface area contributed by atoms with Gasteiger partial charge in [-0.2, -0.15) is 5.10 Å². The molecule has 1 amide bonds. The number of nitrogens with zero attached hydrogens (tertiary/aromatic N) is 2. The van der Waals surface area contributed by atoms with E-state index < -0.39 is 15.9 Å². The topological polar surface area (TPSA) is 78.8 Å². The second-order valence-corrected chi connectivity index (χ2v) is 9.45. The van der Waals surface area contributed by atoms with Crippen LogP contribution in [0.4, 0.5) is 5.69 Å². The molecule has 30 heavy (non-hydrogen) atoms. The molecule has 7 heteroatoms. The van der Waals surface area contributed by atoms with Crippen molar-refractivity contribution in [3.05, 3.63) is 60.2 Å². The van der Waals surface area contributed by atoms with Crippen molar-refractivity contribution >= 4 is 27.3 Å². The van der Waals surface area contributed by atoms with Crippen molar-refractivity contribution in [2.45, 2.75) is 56.8 Å². The Morgan fingerprint density at radius 2 is 1.53 bits per heavy atom. The van der Waals surface area contributed by atoms with Crippen LogP contribution in [0.5, 0.6) is 0 Å². The van der Waals surface area contributed by atoms with E-state index in [1.807, 2.05) is 19.1 Å². The number of hydrazone groups is 1. The summed E-state index contributed by atoms with van der Waals surface area (Å²) in [5, 5.41) is 4.30. The number of hydrogen-bond donors (Lipinski definition) is 1. The number of anilines is 1. The van der Waals surface area contributed by atoms with Gasteiger partial charge in [-0.1, -0.05) is 55.7 Å². The Hall–Kier alpha value is -2.67. The Morgan fingerprint density at radius 1 is 0.933 bits per heavy atom. The molecule has 1 aliphatic rings. The third-order valence-electron chi connectivity index (χ3n) is 5.27. The number of aryl methyl sites for hydroxylation is 1. The number of hydrogen-bond acceptors (Lipinski definition) is 4. The summed E-state index contributed by atoms with van der Waals surface area (Å²) >= 11 is 0. The molecule has 3 rings (SSSR count). The molecule has 1 aliphatic carbocycles. The van der Waals surface area contributed by atoms with Crippen LogP contribution in [0.15, 0.2) is 64.6 Å². The molecule has 1 fully saturated rings. The van der Waals surface area contributed by atoms with Gasteiger partial charge in [0.15, 0.2) is 0 Å². The van der Waals surface area contributed by atoms with Gasteiger partial charge in [-0.25, -0.2) is 13.8 Å². The molecule has 0 atom stereocenters. The second-order valence-electron chi connectivity index (χ2n) is 7.59. The standard InChI is InChI=1S/C23H29N3O3S/c1-19-12-10-11-17-22(19)26(30(28,29)21-15-8-5-9-16-21)18-23(27)25-24-20-13-6-3-2-4-7-14-20/h5,8-12,15-17H,2-4,6-7,13-14,18H2,1H3,(H,25,27). The smallest absolute Gasteiger partial charge is 0.264 e. The minimum absolute atomic E-state index is 0.146. The van der Waals surface area contributed by atoms with E-state index >= 15 is 0 Å². The van der Waals surface area contributed by atoms with E-state index in [2.05, 4.69) is 10.5 Å². The van der Waals surface area contributed by atoms with E-state index in [1.165, 1.54) is 31.4 Å². The van der Waals surface area contributed by atoms with Crippen LogP contribution in [0, 0.1) is 6.92 Å². The quantitative estimate of drug-likeness (QED) is 0.694.